The molecule has 1 saturated heterocycles. The van der Waals surface area contributed by atoms with Gasteiger partial charge in [0, 0.05) is 6.92 Å². The van der Waals surface area contributed by atoms with Crippen molar-refractivity contribution < 1.29 is 27.8 Å². The van der Waals surface area contributed by atoms with Crippen LogP contribution in [0.1, 0.15) is 20.8 Å². The van der Waals surface area contributed by atoms with Gasteiger partial charge in [-0.05, 0) is 13.8 Å². The average Bonchev–Trinajstić information content (AvgIpc) is 2.39. The van der Waals surface area contributed by atoms with Gasteiger partial charge in [-0.2, -0.15) is 8.78 Å². The molecule has 0 aromatic heterocycles. The van der Waals surface area contributed by atoms with Crippen molar-refractivity contribution >= 4 is 5.97 Å². The van der Waals surface area contributed by atoms with Crippen molar-refractivity contribution in [3.8, 4) is 0 Å². The van der Waals surface area contributed by atoms with Crippen molar-refractivity contribution in [3.63, 3.8) is 0 Å². The van der Waals surface area contributed by atoms with E-state index >= 15 is 0 Å². The van der Waals surface area contributed by atoms with Gasteiger partial charge in [0.2, 0.25) is 0 Å². The molecule has 1 fully saturated rings. The van der Waals surface area contributed by atoms with Crippen LogP contribution in [0.4, 0.5) is 8.78 Å². The molecular weight excluding hydrogens is 210 g/mol. The van der Waals surface area contributed by atoms with Crippen LogP contribution in [0.5, 0.6) is 0 Å². The smallest absolute Gasteiger partial charge is 0.376 e. The van der Waals surface area contributed by atoms with Crippen LogP contribution in [0.15, 0.2) is 0 Å². The van der Waals surface area contributed by atoms with Crippen molar-refractivity contribution in [2.45, 2.75) is 38.6 Å². The Morgan fingerprint density at radius 2 is 2.20 bits per heavy atom. The van der Waals surface area contributed by atoms with E-state index in [0.29, 0.717) is 6.92 Å². The average molecular weight is 224 g/mol. The van der Waals surface area contributed by atoms with Gasteiger partial charge in [-0.3, -0.25) is 0 Å². The highest BCUT2D eigenvalue weighted by molar-refractivity contribution is 5.76. The number of esters is 1. The zero-order chi connectivity index (χ0) is 11.7. The number of hydrogen-bond acceptors (Lipinski definition) is 4. The molecule has 0 bridgehead atoms. The van der Waals surface area contributed by atoms with Crippen LogP contribution in [0, 0.1) is 0 Å². The topological polar surface area (TPSA) is 44.8 Å². The maximum atomic E-state index is 12.4. The molecule has 0 radical (unpaired) electrons. The fraction of sp³-hybridized carbons (Fsp3) is 0.889. The molecule has 1 aliphatic heterocycles. The molecule has 1 rings (SSSR count). The number of carbonyl (C=O) groups is 1. The Balaban J connectivity index is 2.31. The Morgan fingerprint density at radius 1 is 1.60 bits per heavy atom. The summed E-state index contributed by atoms with van der Waals surface area (Å²) in [7, 11) is 0. The molecule has 88 valence electrons. The lowest BCUT2D eigenvalue weighted by Crippen LogP contribution is -2.31. The summed E-state index contributed by atoms with van der Waals surface area (Å²) in [5, 5.41) is 0. The molecule has 4 nitrogen and oxygen atoms in total. The van der Waals surface area contributed by atoms with Crippen LogP contribution in [0.2, 0.25) is 0 Å². The number of hydrogen-bond donors (Lipinski definition) is 0. The van der Waals surface area contributed by atoms with Crippen LogP contribution < -0.4 is 0 Å². The summed E-state index contributed by atoms with van der Waals surface area (Å²) in [4.78, 5) is 10.7. The van der Waals surface area contributed by atoms with E-state index in [2.05, 4.69) is 4.74 Å². The van der Waals surface area contributed by atoms with Gasteiger partial charge < -0.3 is 14.2 Å². The van der Waals surface area contributed by atoms with E-state index in [0.717, 1.165) is 0 Å². The largest absolute Gasteiger partial charge is 0.458 e. The third-order valence-electron chi connectivity index (χ3n) is 1.83. The quantitative estimate of drug-likeness (QED) is 0.678. The summed E-state index contributed by atoms with van der Waals surface area (Å²) < 4.78 is 39.6. The molecule has 0 saturated carbocycles. The van der Waals surface area contributed by atoms with Crippen LogP contribution in [0.25, 0.3) is 0 Å². The van der Waals surface area contributed by atoms with Gasteiger partial charge in [-0.15, -0.1) is 0 Å². The minimum Gasteiger partial charge on any atom is -0.458 e. The van der Waals surface area contributed by atoms with E-state index in [1.54, 1.807) is 13.8 Å². The molecule has 0 aliphatic carbocycles. The van der Waals surface area contributed by atoms with E-state index in [9.17, 15) is 13.6 Å². The Hall–Kier alpha value is -0.750. The van der Waals surface area contributed by atoms with Crippen LogP contribution in [-0.2, 0) is 19.0 Å². The van der Waals surface area contributed by atoms with Crippen molar-refractivity contribution in [3.05, 3.63) is 0 Å². The molecular formula is C9H14F2O4. The van der Waals surface area contributed by atoms with Gasteiger partial charge in [0.15, 0.2) is 5.79 Å². The summed E-state index contributed by atoms with van der Waals surface area (Å²) >= 11 is 0. The summed E-state index contributed by atoms with van der Waals surface area (Å²) in [6.45, 7) is 3.90. The minimum absolute atomic E-state index is 0.217. The van der Waals surface area contributed by atoms with Crippen LogP contribution in [-0.4, -0.2) is 37.0 Å². The Labute approximate surface area is 86.5 Å². The number of halogens is 2. The number of alkyl halides is 2. The first kappa shape index (κ1) is 12.3. The van der Waals surface area contributed by atoms with E-state index in [1.807, 2.05) is 0 Å². The van der Waals surface area contributed by atoms with Crippen LogP contribution in [0.3, 0.4) is 0 Å². The molecule has 6 heteroatoms. The summed E-state index contributed by atoms with van der Waals surface area (Å²) in [5.41, 5.74) is 0. The third kappa shape index (κ3) is 3.71. The molecule has 0 N–H and O–H groups in total. The van der Waals surface area contributed by atoms with Gasteiger partial charge in [0.1, 0.15) is 12.7 Å². The molecule has 1 heterocycles. The predicted octanol–water partition coefficient (Wildman–Crippen LogP) is 1.34. The molecule has 0 aromatic rings. The monoisotopic (exact) mass is 224 g/mol. The fourth-order valence-corrected chi connectivity index (χ4v) is 1.14. The SMILES string of the molecule is CC1(C)OCC(COC(=O)C(C)(F)F)O1. The van der Waals surface area contributed by atoms with Gasteiger partial charge in [-0.25, -0.2) is 4.79 Å². The Bertz CT molecular complexity index is 247. The van der Waals surface area contributed by atoms with Gasteiger partial charge in [0.25, 0.3) is 0 Å². The predicted molar refractivity (Wildman–Crippen MR) is 46.5 cm³/mol. The lowest BCUT2D eigenvalue weighted by atomic mass is 10.4. The van der Waals surface area contributed by atoms with Gasteiger partial charge >= 0.3 is 11.9 Å². The summed E-state index contributed by atoms with van der Waals surface area (Å²) in [6.07, 6.45) is -0.480. The third-order valence-corrected chi connectivity index (χ3v) is 1.83. The summed E-state index contributed by atoms with van der Waals surface area (Å²) in [6, 6.07) is 0. The zero-order valence-corrected chi connectivity index (χ0v) is 8.88. The molecule has 1 unspecified atom stereocenters. The minimum atomic E-state index is -3.46. The molecule has 0 spiro atoms. The van der Waals surface area contributed by atoms with Crippen molar-refractivity contribution in [1.29, 1.82) is 0 Å². The second kappa shape index (κ2) is 4.02. The molecule has 1 aliphatic rings. The molecule has 15 heavy (non-hydrogen) atoms. The lowest BCUT2D eigenvalue weighted by molar-refractivity contribution is -0.177. The second-order valence-electron chi connectivity index (χ2n) is 3.94. The lowest BCUT2D eigenvalue weighted by Gasteiger charge is -2.17. The highest BCUT2D eigenvalue weighted by Gasteiger charge is 2.37. The van der Waals surface area contributed by atoms with Crippen molar-refractivity contribution in [1.82, 2.24) is 0 Å². The first-order valence-corrected chi connectivity index (χ1v) is 4.57. The van der Waals surface area contributed by atoms with E-state index in [1.165, 1.54) is 0 Å². The first-order chi connectivity index (χ1) is 6.71. The molecule has 0 amide bonds. The number of ether oxygens (including phenoxy) is 3. The highest BCUT2D eigenvalue weighted by Crippen LogP contribution is 2.23. The van der Waals surface area contributed by atoms with E-state index in [4.69, 9.17) is 9.47 Å². The van der Waals surface area contributed by atoms with Crippen molar-refractivity contribution in [2.75, 3.05) is 13.2 Å². The first-order valence-electron chi connectivity index (χ1n) is 4.57. The fourth-order valence-electron chi connectivity index (χ4n) is 1.14. The maximum Gasteiger partial charge on any atom is 0.376 e. The molecule has 0 aromatic carbocycles. The molecule has 1 atom stereocenters. The Kier molecular flexibility index (Phi) is 3.30. The van der Waals surface area contributed by atoms with E-state index < -0.39 is 23.8 Å². The van der Waals surface area contributed by atoms with E-state index in [-0.39, 0.29) is 13.2 Å². The Morgan fingerprint density at radius 3 is 2.60 bits per heavy atom. The van der Waals surface area contributed by atoms with Gasteiger partial charge in [0.05, 0.1) is 6.61 Å². The van der Waals surface area contributed by atoms with Crippen LogP contribution >= 0.6 is 0 Å². The number of rotatable bonds is 3. The number of carbonyl (C=O) groups excluding carboxylic acids is 1. The van der Waals surface area contributed by atoms with Gasteiger partial charge in [-0.1, -0.05) is 0 Å². The zero-order valence-electron chi connectivity index (χ0n) is 8.88. The summed E-state index contributed by atoms with van der Waals surface area (Å²) in [5.74, 6) is -5.75. The van der Waals surface area contributed by atoms with Crippen molar-refractivity contribution in [2.24, 2.45) is 0 Å². The standard InChI is InChI=1S/C9H14F2O4/c1-8(2)14-5-6(15-8)4-13-7(12)9(3,10)11/h6H,4-5H2,1-3H3. The normalized spacial score (nSPS) is 25.3. The highest BCUT2D eigenvalue weighted by atomic mass is 19.3. The second-order valence-corrected chi connectivity index (χ2v) is 3.94. The maximum absolute atomic E-state index is 12.4.